The Morgan fingerprint density at radius 2 is 1.90 bits per heavy atom. The van der Waals surface area contributed by atoms with Crippen LogP contribution in [0.2, 0.25) is 5.02 Å². The summed E-state index contributed by atoms with van der Waals surface area (Å²) < 4.78 is 1.42. The summed E-state index contributed by atoms with van der Waals surface area (Å²) in [5, 5.41) is 11.9. The van der Waals surface area contributed by atoms with Crippen molar-refractivity contribution in [3.05, 3.63) is 85.3 Å². The predicted octanol–water partition coefficient (Wildman–Crippen LogP) is 4.42. The standard InChI is InChI=1S/C20H14ClN3O4S2/c21-13-3-1-12(2-4-13)17(25)11-30-20-22-16-9-10-29-18(16)19(26)23(20)14-5-7-15(8-6-14)24(27)28/h1-8H,9-11H2. The molecule has 0 spiro atoms. The number of ketones is 1. The number of hydrogen-bond acceptors (Lipinski definition) is 7. The first-order valence-electron chi connectivity index (χ1n) is 8.89. The van der Waals surface area contributed by atoms with Crippen LogP contribution >= 0.6 is 35.1 Å². The van der Waals surface area contributed by atoms with Gasteiger partial charge in [-0.15, -0.1) is 11.8 Å². The van der Waals surface area contributed by atoms with Gasteiger partial charge in [0.1, 0.15) is 0 Å². The summed E-state index contributed by atoms with van der Waals surface area (Å²) >= 11 is 8.49. The number of benzene rings is 2. The third kappa shape index (κ3) is 4.14. The number of rotatable bonds is 6. The van der Waals surface area contributed by atoms with E-state index in [2.05, 4.69) is 4.98 Å². The van der Waals surface area contributed by atoms with Crippen LogP contribution in [-0.4, -0.2) is 31.8 Å². The van der Waals surface area contributed by atoms with Crippen LogP contribution in [0, 0.1) is 10.1 Å². The second kappa shape index (κ2) is 8.63. The van der Waals surface area contributed by atoms with Crippen LogP contribution in [0.5, 0.6) is 0 Å². The number of aromatic nitrogens is 2. The molecule has 152 valence electrons. The maximum atomic E-state index is 13.1. The van der Waals surface area contributed by atoms with Gasteiger partial charge in [-0.05, 0) is 36.4 Å². The molecule has 2 aromatic carbocycles. The van der Waals surface area contributed by atoms with Crippen LogP contribution in [0.25, 0.3) is 5.69 Å². The number of carbonyl (C=O) groups is 1. The Hall–Kier alpha value is -2.62. The van der Waals surface area contributed by atoms with E-state index in [0.717, 1.165) is 11.4 Å². The molecule has 0 N–H and O–H groups in total. The lowest BCUT2D eigenvalue weighted by Gasteiger charge is -2.13. The molecular formula is C20H14ClN3O4S2. The fourth-order valence-corrected chi connectivity index (χ4v) is 5.06. The minimum Gasteiger partial charge on any atom is -0.293 e. The van der Waals surface area contributed by atoms with E-state index in [1.165, 1.54) is 52.4 Å². The van der Waals surface area contributed by atoms with Crippen LogP contribution in [0.15, 0.2) is 63.4 Å². The lowest BCUT2D eigenvalue weighted by atomic mass is 10.1. The molecule has 7 nitrogen and oxygen atoms in total. The van der Waals surface area contributed by atoms with Gasteiger partial charge in [0.05, 0.1) is 27.0 Å². The van der Waals surface area contributed by atoms with Crippen LogP contribution in [0.1, 0.15) is 16.1 Å². The second-order valence-electron chi connectivity index (χ2n) is 6.40. The van der Waals surface area contributed by atoms with Gasteiger partial charge in [-0.3, -0.25) is 24.3 Å². The lowest BCUT2D eigenvalue weighted by Crippen LogP contribution is -2.24. The van der Waals surface area contributed by atoms with Crippen molar-refractivity contribution in [3.63, 3.8) is 0 Å². The van der Waals surface area contributed by atoms with E-state index in [1.807, 2.05) is 0 Å². The Morgan fingerprint density at radius 1 is 1.20 bits per heavy atom. The highest BCUT2D eigenvalue weighted by Crippen LogP contribution is 2.30. The van der Waals surface area contributed by atoms with Crippen LogP contribution < -0.4 is 5.56 Å². The molecule has 0 saturated heterocycles. The molecule has 0 amide bonds. The minimum atomic E-state index is -0.496. The van der Waals surface area contributed by atoms with Gasteiger partial charge >= 0.3 is 0 Å². The number of thioether (sulfide) groups is 2. The second-order valence-corrected chi connectivity index (χ2v) is 8.89. The molecular weight excluding hydrogens is 446 g/mol. The number of carbonyl (C=O) groups excluding carboxylic acids is 1. The monoisotopic (exact) mass is 459 g/mol. The average molecular weight is 460 g/mol. The predicted molar refractivity (Wildman–Crippen MR) is 117 cm³/mol. The number of non-ortho nitro benzene ring substituents is 1. The van der Waals surface area contributed by atoms with Gasteiger partial charge in [-0.1, -0.05) is 23.4 Å². The number of Topliss-reactive ketones (excluding diaryl/α,β-unsaturated/α-hetero) is 1. The molecule has 0 aliphatic carbocycles. The van der Waals surface area contributed by atoms with Gasteiger partial charge in [0.25, 0.3) is 11.2 Å². The molecule has 0 fully saturated rings. The van der Waals surface area contributed by atoms with Crippen molar-refractivity contribution in [2.45, 2.75) is 16.5 Å². The molecule has 3 aromatic rings. The van der Waals surface area contributed by atoms with Crippen LogP contribution in [0.4, 0.5) is 5.69 Å². The number of nitro groups is 1. The third-order valence-electron chi connectivity index (χ3n) is 4.48. The van der Waals surface area contributed by atoms with Gasteiger partial charge < -0.3 is 0 Å². The van der Waals surface area contributed by atoms with Gasteiger partial charge in [-0.25, -0.2) is 4.98 Å². The summed E-state index contributed by atoms with van der Waals surface area (Å²) in [6.07, 6.45) is 0.690. The molecule has 1 aliphatic heterocycles. The van der Waals surface area contributed by atoms with E-state index in [0.29, 0.717) is 32.7 Å². The smallest absolute Gasteiger partial charge is 0.272 e. The van der Waals surface area contributed by atoms with E-state index in [-0.39, 0.29) is 22.8 Å². The quantitative estimate of drug-likeness (QED) is 0.177. The van der Waals surface area contributed by atoms with E-state index in [4.69, 9.17) is 11.6 Å². The third-order valence-corrected chi connectivity index (χ3v) is 6.78. The van der Waals surface area contributed by atoms with Crippen molar-refractivity contribution in [1.82, 2.24) is 9.55 Å². The van der Waals surface area contributed by atoms with Crippen molar-refractivity contribution in [2.75, 3.05) is 11.5 Å². The SMILES string of the molecule is O=C(CSc1nc2c(c(=O)n1-c1ccc([N+](=O)[O-])cc1)SCC2)c1ccc(Cl)cc1. The number of aryl methyl sites for hydroxylation is 1. The Bertz CT molecular complexity index is 1190. The maximum absolute atomic E-state index is 13.1. The highest BCUT2D eigenvalue weighted by atomic mass is 35.5. The number of nitro benzene ring substituents is 1. The topological polar surface area (TPSA) is 95.1 Å². The first-order chi connectivity index (χ1) is 14.4. The Balaban J connectivity index is 1.69. The summed E-state index contributed by atoms with van der Waals surface area (Å²) in [6.45, 7) is 0. The Kier molecular flexibility index (Phi) is 5.94. The Morgan fingerprint density at radius 3 is 2.57 bits per heavy atom. The van der Waals surface area contributed by atoms with Gasteiger partial charge in [-0.2, -0.15) is 0 Å². The highest BCUT2D eigenvalue weighted by Gasteiger charge is 2.23. The molecule has 0 bridgehead atoms. The normalized spacial score (nSPS) is 12.6. The van der Waals surface area contributed by atoms with Crippen molar-refractivity contribution in [3.8, 4) is 5.69 Å². The zero-order valence-corrected chi connectivity index (χ0v) is 17.8. The molecule has 0 saturated carbocycles. The van der Waals surface area contributed by atoms with E-state index < -0.39 is 4.92 Å². The van der Waals surface area contributed by atoms with Crippen molar-refractivity contribution in [1.29, 1.82) is 0 Å². The van der Waals surface area contributed by atoms with Gasteiger partial charge in [0, 0.05) is 34.9 Å². The molecule has 1 aliphatic rings. The van der Waals surface area contributed by atoms with Crippen molar-refractivity contribution in [2.24, 2.45) is 0 Å². The highest BCUT2D eigenvalue weighted by molar-refractivity contribution is 8.00. The van der Waals surface area contributed by atoms with Crippen LogP contribution in [0.3, 0.4) is 0 Å². The van der Waals surface area contributed by atoms with Crippen molar-refractivity contribution >= 4 is 46.6 Å². The first-order valence-corrected chi connectivity index (χ1v) is 11.2. The fraction of sp³-hybridized carbons (Fsp3) is 0.150. The van der Waals surface area contributed by atoms with Gasteiger partial charge in [0.2, 0.25) is 0 Å². The molecule has 4 rings (SSSR count). The lowest BCUT2D eigenvalue weighted by molar-refractivity contribution is -0.384. The zero-order chi connectivity index (χ0) is 21.3. The summed E-state index contributed by atoms with van der Waals surface area (Å²) in [5.41, 5.74) is 1.42. The molecule has 0 atom stereocenters. The molecule has 1 aromatic heterocycles. The zero-order valence-electron chi connectivity index (χ0n) is 15.4. The molecule has 30 heavy (non-hydrogen) atoms. The summed E-state index contributed by atoms with van der Waals surface area (Å²) in [4.78, 5) is 41.3. The molecule has 10 heteroatoms. The van der Waals surface area contributed by atoms with Crippen LogP contribution in [-0.2, 0) is 6.42 Å². The number of hydrogen-bond donors (Lipinski definition) is 0. The molecule has 0 radical (unpaired) electrons. The number of nitrogens with zero attached hydrogens (tertiary/aromatic N) is 3. The summed E-state index contributed by atoms with van der Waals surface area (Å²) in [6, 6.07) is 12.3. The summed E-state index contributed by atoms with van der Waals surface area (Å²) in [7, 11) is 0. The average Bonchev–Trinajstić information content (AvgIpc) is 3.22. The maximum Gasteiger partial charge on any atom is 0.272 e. The van der Waals surface area contributed by atoms with E-state index in [9.17, 15) is 19.7 Å². The minimum absolute atomic E-state index is 0.0672. The number of halogens is 1. The van der Waals surface area contributed by atoms with E-state index in [1.54, 1.807) is 24.3 Å². The fourth-order valence-electron chi connectivity index (χ4n) is 2.99. The number of fused-ring (bicyclic) bond motifs is 1. The summed E-state index contributed by atoms with van der Waals surface area (Å²) in [5.74, 6) is 0.749. The first kappa shape index (κ1) is 20.6. The Labute approximate surface area is 184 Å². The molecule has 0 unspecified atom stereocenters. The van der Waals surface area contributed by atoms with Crippen molar-refractivity contribution < 1.29 is 9.72 Å². The van der Waals surface area contributed by atoms with Gasteiger partial charge in [0.15, 0.2) is 10.9 Å². The molecule has 2 heterocycles. The van der Waals surface area contributed by atoms with E-state index >= 15 is 0 Å². The largest absolute Gasteiger partial charge is 0.293 e.